The third-order valence-corrected chi connectivity index (χ3v) is 14.6. The maximum atomic E-state index is 5.28. The average Bonchev–Trinajstić information content (AvgIpc) is 3.67. The molecule has 59 heavy (non-hydrogen) atoms. The molecule has 0 saturated carbocycles. The zero-order chi connectivity index (χ0) is 41.3. The average molecular weight is 762 g/mol. The van der Waals surface area contributed by atoms with E-state index >= 15 is 0 Å². The lowest BCUT2D eigenvalue weighted by molar-refractivity contribution is 1.08. The molecule has 0 aliphatic carbocycles. The van der Waals surface area contributed by atoms with Crippen molar-refractivity contribution in [3.63, 3.8) is 0 Å². The number of thiophene rings is 1. The summed E-state index contributed by atoms with van der Waals surface area (Å²) >= 11 is 1.91. The first-order valence-electron chi connectivity index (χ1n) is 20.5. The highest BCUT2D eigenvalue weighted by atomic mass is 32.1. The van der Waals surface area contributed by atoms with Gasteiger partial charge in [-0.3, -0.25) is 0 Å². The number of nitrogens with zero attached hydrogens (tertiary/aromatic N) is 3. The van der Waals surface area contributed by atoms with Gasteiger partial charge in [0, 0.05) is 26.1 Å². The van der Waals surface area contributed by atoms with Crippen molar-refractivity contribution in [2.45, 2.75) is 0 Å². The predicted molar refractivity (Wildman–Crippen MR) is 287 cm³/mol. The van der Waals surface area contributed by atoms with Gasteiger partial charge >= 0.3 is 0 Å². The zero-order valence-electron chi connectivity index (χ0n) is 35.7. The summed E-state index contributed by atoms with van der Waals surface area (Å²) in [7, 11) is 22.8. The Bertz CT molecular complexity index is 3110. The summed E-state index contributed by atoms with van der Waals surface area (Å²) in [6.07, 6.45) is 0. The molecule has 7 aromatic carbocycles. The maximum Gasteiger partial charge on any atom is 0.164 e. The minimum Gasteiger partial charge on any atom is -0.208 e. The highest BCUT2D eigenvalue weighted by Gasteiger charge is 2.24. The van der Waals surface area contributed by atoms with Crippen LogP contribution >= 0.6 is 11.3 Å². The van der Waals surface area contributed by atoms with Crippen molar-refractivity contribution in [1.82, 2.24) is 15.0 Å². The van der Waals surface area contributed by atoms with E-state index in [2.05, 4.69) is 176 Å². The Morgan fingerprint density at radius 3 is 1.25 bits per heavy atom. The van der Waals surface area contributed by atoms with E-state index in [0.717, 1.165) is 22.3 Å². The van der Waals surface area contributed by atoms with Gasteiger partial charge in [0.15, 0.2) is 17.5 Å². The number of fused-ring (bicyclic) bond motifs is 3. The summed E-state index contributed by atoms with van der Waals surface area (Å²) in [5, 5.41) is 2.68. The molecule has 0 aliphatic heterocycles. The van der Waals surface area contributed by atoms with Gasteiger partial charge in [-0.15, -0.1) is 27.7 Å². The van der Waals surface area contributed by atoms with Gasteiger partial charge in [-0.1, -0.05) is 147 Å². The number of hydrogen-bond donors (Lipinski definition) is 0. The smallest absolute Gasteiger partial charge is 0.164 e. The molecule has 270 valence electrons. The van der Waals surface area contributed by atoms with E-state index in [-0.39, 0.29) is 0 Å². The highest BCUT2D eigenvalue weighted by Crippen LogP contribution is 2.34. The molecule has 0 N–H and O–H groups in total. The van der Waals surface area contributed by atoms with Crippen LogP contribution < -0.4 is 54.6 Å². The summed E-state index contributed by atoms with van der Waals surface area (Å²) in [6, 6.07) is 40.7. The molecular weight excluding hydrogens is 723 g/mol. The molecule has 2 aromatic heterocycles. The van der Waals surface area contributed by atoms with Crippen LogP contribution in [0.3, 0.4) is 0 Å². The van der Waals surface area contributed by atoms with Crippen molar-refractivity contribution < 1.29 is 0 Å². The zero-order valence-corrected chi connectivity index (χ0v) is 36.5. The minimum atomic E-state index is 0.665. The van der Waals surface area contributed by atoms with Crippen LogP contribution in [0.5, 0.6) is 0 Å². The summed E-state index contributed by atoms with van der Waals surface area (Å²) in [5.74, 6) is 2.04. The van der Waals surface area contributed by atoms with Gasteiger partial charge in [0.25, 0.3) is 0 Å². The first-order chi connectivity index (χ1) is 28.4. The van der Waals surface area contributed by atoms with Gasteiger partial charge in [-0.25, -0.2) is 15.0 Å². The fourth-order valence-corrected chi connectivity index (χ4v) is 10.4. The fraction of sp³-hybridized carbons (Fsp3) is 0. The number of benzene rings is 7. The van der Waals surface area contributed by atoms with Crippen LogP contribution in [0.25, 0.3) is 87.7 Å². The van der Waals surface area contributed by atoms with Crippen molar-refractivity contribution in [3.8, 4) is 67.5 Å². The van der Waals surface area contributed by atoms with Crippen LogP contribution in [0.1, 0.15) is 0 Å². The van der Waals surface area contributed by atoms with E-state index in [4.69, 9.17) is 15.0 Å². The van der Waals surface area contributed by atoms with Crippen LogP contribution in [0, 0.1) is 0 Å². The minimum absolute atomic E-state index is 0.665. The Balaban J connectivity index is 1.18. The van der Waals surface area contributed by atoms with E-state index < -0.39 is 0 Å². The lowest BCUT2D eigenvalue weighted by Gasteiger charge is -2.23. The van der Waals surface area contributed by atoms with E-state index in [1.165, 1.54) is 103 Å². The third-order valence-electron chi connectivity index (χ3n) is 13.2. The molecule has 14 heteroatoms. The highest BCUT2D eigenvalue weighted by molar-refractivity contribution is 7.28. The van der Waals surface area contributed by atoms with Crippen molar-refractivity contribution in [3.05, 3.63) is 115 Å². The lowest BCUT2D eigenvalue weighted by atomic mass is 9.58. The third kappa shape index (κ3) is 6.57. The molecule has 0 atom stereocenters. The van der Waals surface area contributed by atoms with Crippen LogP contribution in [-0.2, 0) is 0 Å². The first kappa shape index (κ1) is 38.9. The van der Waals surface area contributed by atoms with E-state index in [9.17, 15) is 0 Å². The molecule has 0 fully saturated rings. The van der Waals surface area contributed by atoms with Gasteiger partial charge in [-0.05, 0) is 50.2 Å². The Labute approximate surface area is 360 Å². The SMILES string of the molecule is Bc1c(B)c(B)c(-c2cc3c(sc4c(B)c(-c5nc(-c6ccccc6)nc(-c6ccc(-c7ccc(-c8ccccc8)cc7)cc6)n5)c(B)c(B)c43)c(B)c2B)c(B)c1B. The molecule has 9 aromatic rings. The van der Waals surface area contributed by atoms with Gasteiger partial charge in [0.2, 0.25) is 0 Å². The largest absolute Gasteiger partial charge is 0.208 e. The van der Waals surface area contributed by atoms with Gasteiger partial charge in [0.05, 0.1) is 0 Å². The quantitative estimate of drug-likeness (QED) is 0.160. The van der Waals surface area contributed by atoms with Crippen LogP contribution in [0.2, 0.25) is 0 Å². The van der Waals surface area contributed by atoms with Crippen LogP contribution in [0.4, 0.5) is 0 Å². The number of aromatic nitrogens is 3. The summed E-state index contributed by atoms with van der Waals surface area (Å²) in [5.41, 5.74) is 23.8. The molecule has 0 amide bonds. The van der Waals surface area contributed by atoms with Crippen molar-refractivity contribution in [1.29, 1.82) is 0 Å². The number of rotatable bonds is 6. The Morgan fingerprint density at radius 2 is 0.729 bits per heavy atom. The molecule has 9 rings (SSSR count). The molecule has 0 aliphatic rings. The van der Waals surface area contributed by atoms with Crippen LogP contribution in [-0.4, -0.2) is 93.4 Å². The van der Waals surface area contributed by atoms with Crippen molar-refractivity contribution in [2.75, 3.05) is 0 Å². The molecular formula is C45H39B10N3S. The summed E-state index contributed by atoms with van der Waals surface area (Å²) < 4.78 is 2.66. The predicted octanol–water partition coefficient (Wildman–Crippen LogP) is -5.17. The Morgan fingerprint density at radius 1 is 0.322 bits per heavy atom. The van der Waals surface area contributed by atoms with Crippen molar-refractivity contribution in [2.24, 2.45) is 0 Å². The van der Waals surface area contributed by atoms with E-state index in [0.29, 0.717) is 17.5 Å². The molecule has 0 bridgehead atoms. The fourth-order valence-electron chi connectivity index (χ4n) is 9.02. The molecule has 2 heterocycles. The maximum absolute atomic E-state index is 5.28. The molecule has 0 unspecified atom stereocenters. The Kier molecular flexibility index (Phi) is 10.0. The molecule has 3 nitrogen and oxygen atoms in total. The molecule has 0 spiro atoms. The van der Waals surface area contributed by atoms with Crippen LogP contribution in [0.15, 0.2) is 115 Å². The van der Waals surface area contributed by atoms with E-state index in [1.54, 1.807) is 0 Å². The number of hydrogen-bond acceptors (Lipinski definition) is 4. The van der Waals surface area contributed by atoms with Crippen molar-refractivity contribution >= 4 is 165 Å². The summed E-state index contributed by atoms with van der Waals surface area (Å²) in [4.78, 5) is 15.6. The Hall–Kier alpha value is -5.58. The monoisotopic (exact) mass is 763 g/mol. The second-order valence-electron chi connectivity index (χ2n) is 16.3. The van der Waals surface area contributed by atoms with Gasteiger partial charge in [0.1, 0.15) is 78.5 Å². The normalized spacial score (nSPS) is 11.4. The second kappa shape index (κ2) is 15.2. The topological polar surface area (TPSA) is 38.7 Å². The van der Waals surface area contributed by atoms with Gasteiger partial charge in [-0.2, -0.15) is 0 Å². The molecule has 0 saturated heterocycles. The standard InChI is InChI=1S/C45H39B10N3S/c46-31-26(28-32(47)37(52)39(54)38(53)33(28)48)19-27-29-34(49)35(50)30(36(51)42(29)59-41(27)40(31)55)45-57-43(24-9-5-2-6-10-24)56-44(58-45)25-17-15-23(16-18-25)22-13-11-21(12-14-22)20-7-3-1-4-8-20/h1-19H,46-55H2. The second-order valence-corrected chi connectivity index (χ2v) is 17.3. The summed E-state index contributed by atoms with van der Waals surface area (Å²) in [6.45, 7) is 0. The van der Waals surface area contributed by atoms with E-state index in [1.807, 2.05) is 29.5 Å². The molecule has 0 radical (unpaired) electrons. The van der Waals surface area contributed by atoms with Gasteiger partial charge < -0.3 is 0 Å². The lowest BCUT2D eigenvalue weighted by Crippen LogP contribution is -2.55. The first-order valence-corrected chi connectivity index (χ1v) is 21.4.